The molecule has 1 saturated carbocycles. The van der Waals surface area contributed by atoms with Crippen LogP contribution in [0.4, 0.5) is 0 Å². The van der Waals surface area contributed by atoms with E-state index in [4.69, 9.17) is 21.4 Å². The fourth-order valence-corrected chi connectivity index (χ4v) is 2.41. The first-order chi connectivity index (χ1) is 9.54. The molecule has 1 aromatic carbocycles. The Morgan fingerprint density at radius 2 is 2.00 bits per heavy atom. The molecular weight excluding hydrogens is 282 g/mol. The number of nitrogens with one attached hydrogen (secondary N) is 1. The third-order valence-electron chi connectivity index (χ3n) is 3.33. The van der Waals surface area contributed by atoms with Gasteiger partial charge in [0.15, 0.2) is 6.61 Å². The summed E-state index contributed by atoms with van der Waals surface area (Å²) in [7, 11) is 0. The zero-order valence-corrected chi connectivity index (χ0v) is 11.6. The Bertz CT molecular complexity index is 488. The maximum absolute atomic E-state index is 11.7. The van der Waals surface area contributed by atoms with Crippen molar-refractivity contribution in [3.05, 3.63) is 29.3 Å². The molecule has 1 amide bonds. The predicted octanol–water partition coefficient (Wildman–Crippen LogP) is 2.09. The molecule has 6 heteroatoms. The van der Waals surface area contributed by atoms with E-state index in [0.717, 1.165) is 0 Å². The van der Waals surface area contributed by atoms with Crippen molar-refractivity contribution in [2.45, 2.75) is 25.3 Å². The van der Waals surface area contributed by atoms with E-state index in [1.807, 2.05) is 0 Å². The molecule has 0 radical (unpaired) electrons. The Hall–Kier alpha value is -1.75. The number of carboxylic acids is 1. The molecular formula is C14H16ClNO4. The van der Waals surface area contributed by atoms with Gasteiger partial charge in [-0.25, -0.2) is 0 Å². The van der Waals surface area contributed by atoms with Crippen molar-refractivity contribution in [1.29, 1.82) is 0 Å². The van der Waals surface area contributed by atoms with Gasteiger partial charge < -0.3 is 15.2 Å². The molecule has 2 atom stereocenters. The lowest BCUT2D eigenvalue weighted by Crippen LogP contribution is -2.36. The molecule has 0 heterocycles. The van der Waals surface area contributed by atoms with Crippen LogP contribution in [-0.4, -0.2) is 29.6 Å². The molecule has 2 N–H and O–H groups in total. The van der Waals surface area contributed by atoms with E-state index >= 15 is 0 Å². The molecule has 0 spiro atoms. The van der Waals surface area contributed by atoms with Gasteiger partial charge in [0.1, 0.15) is 5.75 Å². The number of amides is 1. The van der Waals surface area contributed by atoms with Crippen LogP contribution in [0, 0.1) is 5.92 Å². The second-order valence-corrected chi connectivity index (χ2v) is 5.29. The lowest BCUT2D eigenvalue weighted by Gasteiger charge is -2.13. The average molecular weight is 298 g/mol. The van der Waals surface area contributed by atoms with Gasteiger partial charge in [-0.05, 0) is 43.5 Å². The van der Waals surface area contributed by atoms with Crippen LogP contribution in [0.1, 0.15) is 19.3 Å². The van der Waals surface area contributed by atoms with Crippen molar-refractivity contribution in [2.24, 2.45) is 5.92 Å². The molecule has 20 heavy (non-hydrogen) atoms. The van der Waals surface area contributed by atoms with Crippen LogP contribution in [0.5, 0.6) is 5.75 Å². The Labute approximate surface area is 121 Å². The van der Waals surface area contributed by atoms with Gasteiger partial charge in [0.2, 0.25) is 0 Å². The number of ether oxygens (including phenoxy) is 1. The molecule has 1 aliphatic rings. The van der Waals surface area contributed by atoms with E-state index in [1.165, 1.54) is 0 Å². The molecule has 1 aliphatic carbocycles. The highest BCUT2D eigenvalue weighted by Gasteiger charge is 2.30. The molecule has 5 nitrogen and oxygen atoms in total. The molecule has 108 valence electrons. The minimum absolute atomic E-state index is 0.0718. The minimum atomic E-state index is -0.792. The van der Waals surface area contributed by atoms with Crippen molar-refractivity contribution in [3.63, 3.8) is 0 Å². The highest BCUT2D eigenvalue weighted by Crippen LogP contribution is 2.25. The molecule has 0 aliphatic heterocycles. The van der Waals surface area contributed by atoms with Gasteiger partial charge in [0, 0.05) is 11.1 Å². The van der Waals surface area contributed by atoms with Crippen molar-refractivity contribution in [3.8, 4) is 5.75 Å². The molecule has 0 bridgehead atoms. The SMILES string of the molecule is O=C(COc1ccc(Cl)cc1)NC1CCC(C(=O)O)C1. The summed E-state index contributed by atoms with van der Waals surface area (Å²) in [6.07, 6.45) is 1.80. The second-order valence-electron chi connectivity index (χ2n) is 4.86. The zero-order valence-electron chi connectivity index (χ0n) is 10.8. The number of carboxylic acid groups (broad SMARTS) is 1. The molecule has 2 rings (SSSR count). The number of aliphatic carboxylic acids is 1. The summed E-state index contributed by atoms with van der Waals surface area (Å²) in [6.45, 7) is -0.0874. The van der Waals surface area contributed by atoms with Crippen LogP contribution >= 0.6 is 11.6 Å². The minimum Gasteiger partial charge on any atom is -0.484 e. The maximum Gasteiger partial charge on any atom is 0.306 e. The van der Waals surface area contributed by atoms with Gasteiger partial charge >= 0.3 is 5.97 Å². The average Bonchev–Trinajstić information content (AvgIpc) is 2.87. The summed E-state index contributed by atoms with van der Waals surface area (Å²) in [4.78, 5) is 22.5. The van der Waals surface area contributed by atoms with Gasteiger partial charge in [0.25, 0.3) is 5.91 Å². The summed E-state index contributed by atoms with van der Waals surface area (Å²) in [5.41, 5.74) is 0. The third kappa shape index (κ3) is 4.13. The van der Waals surface area contributed by atoms with Crippen molar-refractivity contribution >= 4 is 23.5 Å². The van der Waals surface area contributed by atoms with Crippen molar-refractivity contribution in [1.82, 2.24) is 5.32 Å². The summed E-state index contributed by atoms with van der Waals surface area (Å²) < 4.78 is 5.32. The number of hydrogen-bond donors (Lipinski definition) is 2. The van der Waals surface area contributed by atoms with Gasteiger partial charge in [-0.1, -0.05) is 11.6 Å². The number of hydrogen-bond acceptors (Lipinski definition) is 3. The number of halogens is 1. The Morgan fingerprint density at radius 1 is 1.30 bits per heavy atom. The van der Waals surface area contributed by atoms with Crippen molar-refractivity contribution < 1.29 is 19.4 Å². The highest BCUT2D eigenvalue weighted by atomic mass is 35.5. The zero-order chi connectivity index (χ0) is 14.5. The Balaban J connectivity index is 1.73. The van der Waals surface area contributed by atoms with E-state index in [9.17, 15) is 9.59 Å². The lowest BCUT2D eigenvalue weighted by atomic mass is 10.1. The maximum atomic E-state index is 11.7. The van der Waals surface area contributed by atoms with E-state index in [1.54, 1.807) is 24.3 Å². The molecule has 1 fully saturated rings. The third-order valence-corrected chi connectivity index (χ3v) is 3.58. The number of benzene rings is 1. The number of rotatable bonds is 5. The number of carbonyl (C=O) groups excluding carboxylic acids is 1. The van der Waals surface area contributed by atoms with Crippen molar-refractivity contribution in [2.75, 3.05) is 6.61 Å². The summed E-state index contributed by atoms with van der Waals surface area (Å²) in [5.74, 6) is -0.813. The monoisotopic (exact) mass is 297 g/mol. The summed E-state index contributed by atoms with van der Waals surface area (Å²) in [5, 5.41) is 12.3. The molecule has 2 unspecified atom stereocenters. The highest BCUT2D eigenvalue weighted by molar-refractivity contribution is 6.30. The van der Waals surface area contributed by atoms with Gasteiger partial charge in [-0.2, -0.15) is 0 Å². The second kappa shape index (κ2) is 6.61. The van der Waals surface area contributed by atoms with Gasteiger partial charge in [-0.3, -0.25) is 9.59 Å². The van der Waals surface area contributed by atoms with E-state index in [-0.39, 0.29) is 24.5 Å². The summed E-state index contributed by atoms with van der Waals surface area (Å²) in [6, 6.07) is 6.67. The van der Waals surface area contributed by atoms with Crippen LogP contribution in [0.2, 0.25) is 5.02 Å². The number of carbonyl (C=O) groups is 2. The van der Waals surface area contributed by atoms with Crippen LogP contribution < -0.4 is 10.1 Å². The normalized spacial score (nSPS) is 21.4. The quantitative estimate of drug-likeness (QED) is 0.872. The largest absolute Gasteiger partial charge is 0.484 e. The van der Waals surface area contributed by atoms with Gasteiger partial charge in [-0.15, -0.1) is 0 Å². The van der Waals surface area contributed by atoms with E-state index in [0.29, 0.717) is 30.0 Å². The Kier molecular flexibility index (Phi) is 4.84. The fraction of sp³-hybridized carbons (Fsp3) is 0.429. The van der Waals surface area contributed by atoms with E-state index < -0.39 is 5.97 Å². The predicted molar refractivity (Wildman–Crippen MR) is 73.9 cm³/mol. The molecule has 0 saturated heterocycles. The van der Waals surface area contributed by atoms with E-state index in [2.05, 4.69) is 5.32 Å². The molecule has 0 aromatic heterocycles. The standard InChI is InChI=1S/C14H16ClNO4/c15-10-2-5-12(6-3-10)20-8-13(17)16-11-4-1-9(7-11)14(18)19/h2-3,5-6,9,11H,1,4,7-8H2,(H,16,17)(H,18,19). The summed E-state index contributed by atoms with van der Waals surface area (Å²) >= 11 is 5.74. The van der Waals surface area contributed by atoms with Gasteiger partial charge in [0.05, 0.1) is 5.92 Å². The molecule has 1 aromatic rings. The smallest absolute Gasteiger partial charge is 0.306 e. The fourth-order valence-electron chi connectivity index (χ4n) is 2.29. The first-order valence-corrected chi connectivity index (χ1v) is 6.83. The van der Waals surface area contributed by atoms with Crippen LogP contribution in [0.15, 0.2) is 24.3 Å². The Morgan fingerprint density at radius 3 is 2.60 bits per heavy atom. The van der Waals surface area contributed by atoms with Crippen LogP contribution in [-0.2, 0) is 9.59 Å². The van der Waals surface area contributed by atoms with Crippen LogP contribution in [0.3, 0.4) is 0 Å². The van der Waals surface area contributed by atoms with Crippen LogP contribution in [0.25, 0.3) is 0 Å². The lowest BCUT2D eigenvalue weighted by molar-refractivity contribution is -0.141. The first kappa shape index (κ1) is 14.7. The first-order valence-electron chi connectivity index (χ1n) is 6.45. The topological polar surface area (TPSA) is 75.6 Å².